The van der Waals surface area contributed by atoms with Crippen LogP contribution in [0.5, 0.6) is 0 Å². The fraction of sp³-hybridized carbons (Fsp3) is 0.970. The first kappa shape index (κ1) is 70.9. The molecule has 0 aromatic rings. The molecule has 0 aromatic carbocycles. The summed E-state index contributed by atoms with van der Waals surface area (Å²) in [7, 11) is 0. The molecule has 0 rings (SSSR count). The van der Waals surface area contributed by atoms with Crippen molar-refractivity contribution in [2.75, 3.05) is 13.2 Å². The molecule has 0 heterocycles. The Kier molecular flexibility index (Phi) is 61.4. The normalized spacial score (nSPS) is 12.4. The summed E-state index contributed by atoms with van der Waals surface area (Å²) in [5.41, 5.74) is 0. The summed E-state index contributed by atoms with van der Waals surface area (Å²) < 4.78 is 5.48. The van der Waals surface area contributed by atoms with Gasteiger partial charge in [-0.1, -0.05) is 348 Å². The first-order valence-electron chi connectivity index (χ1n) is 33.3. The third-order valence-corrected chi connectivity index (χ3v) is 15.9. The van der Waals surface area contributed by atoms with Gasteiger partial charge in [0.15, 0.2) is 0 Å². The Morgan fingerprint density at radius 1 is 0.333 bits per heavy atom. The van der Waals surface area contributed by atoms with Crippen LogP contribution in [0.15, 0.2) is 0 Å². The minimum atomic E-state index is -0.666. The average Bonchev–Trinajstić information content (AvgIpc) is 3.38. The van der Waals surface area contributed by atoms with E-state index in [-0.39, 0.29) is 18.5 Å². The molecule has 0 saturated heterocycles. The number of hydrogen-bond acceptors (Lipinski definition) is 5. The van der Waals surface area contributed by atoms with Crippen molar-refractivity contribution >= 4 is 11.9 Å². The Morgan fingerprint density at radius 2 is 0.569 bits per heavy atom. The zero-order valence-corrected chi connectivity index (χ0v) is 49.2. The summed E-state index contributed by atoms with van der Waals surface area (Å²) in [4.78, 5) is 24.6. The number of aliphatic hydroxyl groups is 2. The smallest absolute Gasteiger partial charge is 0.305 e. The van der Waals surface area contributed by atoms with Crippen LogP contribution in [-0.2, 0) is 14.3 Å². The second-order valence-electron chi connectivity index (χ2n) is 23.2. The molecule has 430 valence electrons. The number of carbonyl (C=O) groups excluding carboxylic acids is 2. The lowest BCUT2D eigenvalue weighted by Crippen LogP contribution is -2.45. The van der Waals surface area contributed by atoms with E-state index in [4.69, 9.17) is 4.74 Å². The second kappa shape index (κ2) is 62.4. The molecular weight excluding hydrogens is 887 g/mol. The maximum absolute atomic E-state index is 12.5. The minimum Gasteiger partial charge on any atom is -0.466 e. The van der Waals surface area contributed by atoms with Crippen molar-refractivity contribution in [3.63, 3.8) is 0 Å². The largest absolute Gasteiger partial charge is 0.466 e. The SMILES string of the molecule is CCCCCCCCCCCCCCCCCCCCCCCCCC(O)C(CO)NC(=O)CCCCCCCCCCCCCCCCCCCCCOC(=O)CCCCCCCCCCCCCCC. The van der Waals surface area contributed by atoms with E-state index in [2.05, 4.69) is 19.2 Å². The summed E-state index contributed by atoms with van der Waals surface area (Å²) in [6, 6.07) is -0.543. The Morgan fingerprint density at radius 3 is 0.847 bits per heavy atom. The number of esters is 1. The van der Waals surface area contributed by atoms with Crippen molar-refractivity contribution in [1.29, 1.82) is 0 Å². The van der Waals surface area contributed by atoms with Crippen LogP contribution in [-0.4, -0.2) is 47.4 Å². The molecule has 0 aliphatic carbocycles. The van der Waals surface area contributed by atoms with E-state index in [0.29, 0.717) is 25.9 Å². The number of aliphatic hydroxyl groups excluding tert-OH is 2. The van der Waals surface area contributed by atoms with E-state index in [1.165, 1.54) is 315 Å². The fourth-order valence-corrected chi connectivity index (χ4v) is 10.8. The van der Waals surface area contributed by atoms with Gasteiger partial charge in [-0.2, -0.15) is 0 Å². The quantitative estimate of drug-likeness (QED) is 0.0417. The lowest BCUT2D eigenvalue weighted by molar-refractivity contribution is -0.143. The van der Waals surface area contributed by atoms with Crippen LogP contribution in [0.1, 0.15) is 386 Å². The van der Waals surface area contributed by atoms with Crippen LogP contribution in [0.3, 0.4) is 0 Å². The van der Waals surface area contributed by atoms with E-state index in [1.807, 2.05) is 0 Å². The summed E-state index contributed by atoms with van der Waals surface area (Å²) >= 11 is 0. The average molecular weight is 1020 g/mol. The second-order valence-corrected chi connectivity index (χ2v) is 23.2. The van der Waals surface area contributed by atoms with Crippen LogP contribution < -0.4 is 5.32 Å². The standard InChI is InChI=1S/C66H131NO5/c1-3-5-7-9-11-13-15-17-18-19-20-21-22-23-25-28-31-35-38-42-46-50-54-58-64(69)63(62-68)67-65(70)59-55-51-47-43-39-36-32-29-26-24-27-30-33-37-41-45-49-53-57-61-72-66(71)60-56-52-48-44-40-34-16-14-12-10-8-6-4-2/h63-64,68-69H,3-62H2,1-2H3,(H,67,70). The van der Waals surface area contributed by atoms with E-state index in [0.717, 1.165) is 38.5 Å². The number of rotatable bonds is 63. The molecule has 0 aliphatic rings. The molecular formula is C66H131NO5. The number of nitrogens with one attached hydrogen (secondary N) is 1. The molecule has 0 fully saturated rings. The van der Waals surface area contributed by atoms with Gasteiger partial charge in [0, 0.05) is 12.8 Å². The summed E-state index contributed by atoms with van der Waals surface area (Å²) in [6.45, 7) is 4.99. The van der Waals surface area contributed by atoms with Gasteiger partial charge < -0.3 is 20.3 Å². The van der Waals surface area contributed by atoms with E-state index >= 15 is 0 Å². The van der Waals surface area contributed by atoms with Gasteiger partial charge >= 0.3 is 5.97 Å². The van der Waals surface area contributed by atoms with Crippen molar-refractivity contribution < 1.29 is 24.5 Å². The Labute approximate surface area is 451 Å². The van der Waals surface area contributed by atoms with Crippen molar-refractivity contribution in [2.24, 2.45) is 0 Å². The highest BCUT2D eigenvalue weighted by Gasteiger charge is 2.20. The molecule has 6 nitrogen and oxygen atoms in total. The monoisotopic (exact) mass is 1020 g/mol. The molecule has 0 aliphatic heterocycles. The zero-order valence-electron chi connectivity index (χ0n) is 49.2. The highest BCUT2D eigenvalue weighted by atomic mass is 16.5. The third-order valence-electron chi connectivity index (χ3n) is 15.9. The molecule has 6 heteroatoms. The number of unbranched alkanes of at least 4 members (excludes halogenated alkanes) is 52. The molecule has 72 heavy (non-hydrogen) atoms. The Hall–Kier alpha value is -1.14. The highest BCUT2D eigenvalue weighted by molar-refractivity contribution is 5.76. The van der Waals surface area contributed by atoms with E-state index in [1.54, 1.807) is 0 Å². The molecule has 1 amide bonds. The van der Waals surface area contributed by atoms with Gasteiger partial charge in [0.25, 0.3) is 0 Å². The van der Waals surface area contributed by atoms with Crippen LogP contribution in [0.25, 0.3) is 0 Å². The topological polar surface area (TPSA) is 95.9 Å². The van der Waals surface area contributed by atoms with E-state index < -0.39 is 12.1 Å². The molecule has 2 atom stereocenters. The molecule has 0 saturated carbocycles. The summed E-state index contributed by atoms with van der Waals surface area (Å²) in [6.07, 6.45) is 74.1. The first-order chi connectivity index (χ1) is 35.5. The number of hydrogen-bond donors (Lipinski definition) is 3. The Balaban J connectivity index is 3.39. The predicted molar refractivity (Wildman–Crippen MR) is 315 cm³/mol. The van der Waals surface area contributed by atoms with Gasteiger partial charge in [0.1, 0.15) is 0 Å². The predicted octanol–water partition coefficient (Wildman–Crippen LogP) is 21.0. The van der Waals surface area contributed by atoms with Gasteiger partial charge in [-0.25, -0.2) is 0 Å². The highest BCUT2D eigenvalue weighted by Crippen LogP contribution is 2.19. The maximum Gasteiger partial charge on any atom is 0.305 e. The molecule has 0 aromatic heterocycles. The van der Waals surface area contributed by atoms with Crippen LogP contribution >= 0.6 is 0 Å². The van der Waals surface area contributed by atoms with Gasteiger partial charge in [-0.3, -0.25) is 9.59 Å². The van der Waals surface area contributed by atoms with Crippen LogP contribution in [0.2, 0.25) is 0 Å². The van der Waals surface area contributed by atoms with Crippen molar-refractivity contribution in [2.45, 2.75) is 398 Å². The van der Waals surface area contributed by atoms with Crippen molar-refractivity contribution in [3.8, 4) is 0 Å². The summed E-state index contributed by atoms with van der Waals surface area (Å²) in [5.74, 6) is -0.0203. The molecule has 2 unspecified atom stereocenters. The lowest BCUT2D eigenvalue weighted by atomic mass is 10.0. The minimum absolute atomic E-state index is 0.0121. The summed E-state index contributed by atoms with van der Waals surface area (Å²) in [5, 5.41) is 23.4. The molecule has 0 radical (unpaired) electrons. The molecule has 0 bridgehead atoms. The van der Waals surface area contributed by atoms with Gasteiger partial charge in [0.2, 0.25) is 5.91 Å². The third kappa shape index (κ3) is 58.1. The van der Waals surface area contributed by atoms with Crippen LogP contribution in [0, 0.1) is 0 Å². The van der Waals surface area contributed by atoms with E-state index in [9.17, 15) is 19.8 Å². The Bertz CT molecular complexity index is 1040. The maximum atomic E-state index is 12.5. The zero-order chi connectivity index (χ0) is 52.2. The van der Waals surface area contributed by atoms with Gasteiger partial charge in [-0.05, 0) is 25.7 Å². The fourth-order valence-electron chi connectivity index (χ4n) is 10.8. The molecule has 0 spiro atoms. The molecule has 3 N–H and O–H groups in total. The number of amides is 1. The number of ether oxygens (including phenoxy) is 1. The van der Waals surface area contributed by atoms with Gasteiger partial charge in [0.05, 0.1) is 25.4 Å². The van der Waals surface area contributed by atoms with Crippen molar-refractivity contribution in [1.82, 2.24) is 5.32 Å². The van der Waals surface area contributed by atoms with Crippen molar-refractivity contribution in [3.05, 3.63) is 0 Å². The first-order valence-corrected chi connectivity index (χ1v) is 33.3. The lowest BCUT2D eigenvalue weighted by Gasteiger charge is -2.22. The number of carbonyl (C=O) groups is 2. The van der Waals surface area contributed by atoms with Crippen LogP contribution in [0.4, 0.5) is 0 Å². The van der Waals surface area contributed by atoms with Gasteiger partial charge in [-0.15, -0.1) is 0 Å².